The zero-order valence-electron chi connectivity index (χ0n) is 15.3. The first-order chi connectivity index (χ1) is 11.8. The van der Waals surface area contributed by atoms with Crippen molar-refractivity contribution >= 4 is 15.9 Å². The van der Waals surface area contributed by atoms with Gasteiger partial charge >= 0.3 is 0 Å². The van der Waals surface area contributed by atoms with Crippen LogP contribution < -0.4 is 4.72 Å². The monoisotopic (exact) mass is 364 g/mol. The molecular formula is C19H28N2O3S. The molecule has 25 heavy (non-hydrogen) atoms. The second-order valence-electron chi connectivity index (χ2n) is 7.47. The normalized spacial score (nSPS) is 24.0. The van der Waals surface area contributed by atoms with Gasteiger partial charge < -0.3 is 4.90 Å². The summed E-state index contributed by atoms with van der Waals surface area (Å²) >= 11 is 0. The minimum Gasteiger partial charge on any atom is -0.338 e. The fraction of sp³-hybridized carbons (Fsp3) is 0.632. The molecule has 1 aliphatic heterocycles. The fourth-order valence-electron chi connectivity index (χ4n) is 4.31. The number of sulfonamides is 1. The largest absolute Gasteiger partial charge is 0.338 e. The van der Waals surface area contributed by atoms with E-state index in [-0.39, 0.29) is 10.8 Å². The number of fused-ring (bicyclic) bond motifs is 1. The Morgan fingerprint density at radius 3 is 2.48 bits per heavy atom. The quantitative estimate of drug-likeness (QED) is 0.897. The maximum Gasteiger partial charge on any atom is 0.253 e. The van der Waals surface area contributed by atoms with Crippen LogP contribution in [0.1, 0.15) is 53.6 Å². The molecule has 0 bridgehead atoms. The molecular weight excluding hydrogens is 336 g/mol. The maximum atomic E-state index is 13.0. The zero-order valence-corrected chi connectivity index (χ0v) is 16.2. The highest BCUT2D eigenvalue weighted by atomic mass is 32.2. The Kier molecular flexibility index (Phi) is 5.21. The van der Waals surface area contributed by atoms with Crippen LogP contribution in [-0.2, 0) is 10.0 Å². The highest BCUT2D eigenvalue weighted by Crippen LogP contribution is 2.36. The summed E-state index contributed by atoms with van der Waals surface area (Å²) in [6.45, 7) is 5.22. The third-order valence-corrected chi connectivity index (χ3v) is 7.54. The standard InChI is InChI=1S/C19H28N2O3S/c1-13-10-17(11-18(14(13)2)25(23,24)20-3)19(22)21-9-8-15-6-4-5-7-16(15)12-21/h10-11,15-16,20H,4-9,12H2,1-3H3/t15-,16-/m1/s1. The molecule has 6 heteroatoms. The Hall–Kier alpha value is -1.40. The third kappa shape index (κ3) is 3.60. The highest BCUT2D eigenvalue weighted by molar-refractivity contribution is 7.89. The first-order valence-corrected chi connectivity index (χ1v) is 10.7. The van der Waals surface area contributed by atoms with Crippen molar-refractivity contribution in [3.63, 3.8) is 0 Å². The van der Waals surface area contributed by atoms with Crippen LogP contribution in [0.25, 0.3) is 0 Å². The van der Waals surface area contributed by atoms with E-state index in [9.17, 15) is 13.2 Å². The maximum absolute atomic E-state index is 13.0. The molecule has 1 aromatic rings. The SMILES string of the molecule is CNS(=O)(=O)c1cc(C(=O)N2CC[C@H]3CCCC[C@@H]3C2)cc(C)c1C. The summed E-state index contributed by atoms with van der Waals surface area (Å²) in [7, 11) is -2.18. The topological polar surface area (TPSA) is 66.5 Å². The Bertz CT molecular complexity index is 773. The fourth-order valence-corrected chi connectivity index (χ4v) is 5.37. The average molecular weight is 365 g/mol. The lowest BCUT2D eigenvalue weighted by Crippen LogP contribution is -2.44. The third-order valence-electron chi connectivity index (χ3n) is 6.00. The summed E-state index contributed by atoms with van der Waals surface area (Å²) in [6.07, 6.45) is 6.15. The van der Waals surface area contributed by atoms with Crippen LogP contribution >= 0.6 is 0 Å². The van der Waals surface area contributed by atoms with Gasteiger partial charge in [-0.3, -0.25) is 4.79 Å². The van der Waals surface area contributed by atoms with Crippen LogP contribution in [0.5, 0.6) is 0 Å². The van der Waals surface area contributed by atoms with Crippen molar-refractivity contribution in [1.82, 2.24) is 9.62 Å². The van der Waals surface area contributed by atoms with E-state index in [1.807, 2.05) is 17.9 Å². The number of hydrogen-bond acceptors (Lipinski definition) is 3. The van der Waals surface area contributed by atoms with Crippen molar-refractivity contribution < 1.29 is 13.2 Å². The smallest absolute Gasteiger partial charge is 0.253 e. The van der Waals surface area contributed by atoms with Crippen molar-refractivity contribution in [2.75, 3.05) is 20.1 Å². The number of likely N-dealkylation sites (tertiary alicyclic amines) is 1. The van der Waals surface area contributed by atoms with Gasteiger partial charge in [0.1, 0.15) is 0 Å². The van der Waals surface area contributed by atoms with E-state index in [2.05, 4.69) is 4.72 Å². The lowest BCUT2D eigenvalue weighted by molar-refractivity contribution is 0.0520. The molecule has 2 aliphatic rings. The number of amides is 1. The van der Waals surface area contributed by atoms with Crippen LogP contribution in [0.3, 0.4) is 0 Å². The molecule has 0 unspecified atom stereocenters. The molecule has 0 spiro atoms. The molecule has 1 saturated carbocycles. The van der Waals surface area contributed by atoms with Crippen molar-refractivity contribution in [3.8, 4) is 0 Å². The first kappa shape index (κ1) is 18.4. The van der Waals surface area contributed by atoms with Gasteiger partial charge in [-0.1, -0.05) is 19.3 Å². The number of nitrogens with zero attached hydrogens (tertiary/aromatic N) is 1. The molecule has 1 N–H and O–H groups in total. The van der Waals surface area contributed by atoms with Crippen molar-refractivity contribution in [2.24, 2.45) is 11.8 Å². The van der Waals surface area contributed by atoms with Crippen LogP contribution in [0.15, 0.2) is 17.0 Å². The van der Waals surface area contributed by atoms with Gasteiger partial charge in [0.25, 0.3) is 5.91 Å². The van der Waals surface area contributed by atoms with Crippen LogP contribution in [0.4, 0.5) is 0 Å². The molecule has 0 aromatic heterocycles. The Morgan fingerprint density at radius 2 is 1.80 bits per heavy atom. The van der Waals surface area contributed by atoms with Crippen molar-refractivity contribution in [1.29, 1.82) is 0 Å². The predicted octanol–water partition coefficient (Wildman–Crippen LogP) is 2.86. The van der Waals surface area contributed by atoms with Gasteiger partial charge in [-0.15, -0.1) is 0 Å². The number of carbonyl (C=O) groups is 1. The van der Waals surface area contributed by atoms with Crippen molar-refractivity contribution in [2.45, 2.75) is 50.8 Å². The molecule has 2 atom stereocenters. The van der Waals surface area contributed by atoms with E-state index in [4.69, 9.17) is 0 Å². The molecule has 2 fully saturated rings. The van der Waals surface area contributed by atoms with E-state index in [0.29, 0.717) is 17.0 Å². The molecule has 1 aromatic carbocycles. The average Bonchev–Trinajstić information content (AvgIpc) is 2.62. The van der Waals surface area contributed by atoms with Crippen LogP contribution in [-0.4, -0.2) is 39.4 Å². The van der Waals surface area contributed by atoms with Gasteiger partial charge in [-0.25, -0.2) is 13.1 Å². The predicted molar refractivity (Wildman–Crippen MR) is 98.1 cm³/mol. The van der Waals surface area contributed by atoms with Gasteiger partial charge in [0.2, 0.25) is 10.0 Å². The van der Waals surface area contributed by atoms with Gasteiger partial charge in [-0.2, -0.15) is 0 Å². The first-order valence-electron chi connectivity index (χ1n) is 9.17. The molecule has 1 aliphatic carbocycles. The summed E-state index contributed by atoms with van der Waals surface area (Å²) in [5.74, 6) is 1.33. The minimum atomic E-state index is -3.58. The van der Waals surface area contributed by atoms with Gasteiger partial charge in [0.15, 0.2) is 0 Å². The van der Waals surface area contributed by atoms with Crippen LogP contribution in [0.2, 0.25) is 0 Å². The number of aryl methyl sites for hydroxylation is 1. The Labute approximate surface area is 150 Å². The van der Waals surface area contributed by atoms with Crippen LogP contribution in [0, 0.1) is 25.7 Å². The van der Waals surface area contributed by atoms with E-state index in [1.165, 1.54) is 38.8 Å². The summed E-state index contributed by atoms with van der Waals surface area (Å²) in [6, 6.07) is 3.35. The van der Waals surface area contributed by atoms with Gasteiger partial charge in [0.05, 0.1) is 4.90 Å². The minimum absolute atomic E-state index is 0.0420. The van der Waals surface area contributed by atoms with E-state index >= 15 is 0 Å². The van der Waals surface area contributed by atoms with Gasteiger partial charge in [0, 0.05) is 18.7 Å². The zero-order chi connectivity index (χ0) is 18.2. The lowest BCUT2D eigenvalue weighted by atomic mass is 9.75. The molecule has 1 amide bonds. The Balaban J connectivity index is 1.87. The molecule has 1 heterocycles. The molecule has 5 nitrogen and oxygen atoms in total. The molecule has 0 radical (unpaired) electrons. The molecule has 138 valence electrons. The number of carbonyl (C=O) groups excluding carboxylic acids is 1. The van der Waals surface area contributed by atoms with E-state index < -0.39 is 10.0 Å². The molecule has 3 rings (SSSR count). The van der Waals surface area contributed by atoms with E-state index in [0.717, 1.165) is 31.0 Å². The number of nitrogens with one attached hydrogen (secondary N) is 1. The van der Waals surface area contributed by atoms with Gasteiger partial charge in [-0.05, 0) is 68.8 Å². The molecule has 1 saturated heterocycles. The number of hydrogen-bond donors (Lipinski definition) is 1. The summed E-state index contributed by atoms with van der Waals surface area (Å²) < 4.78 is 26.9. The summed E-state index contributed by atoms with van der Waals surface area (Å²) in [5, 5.41) is 0. The van der Waals surface area contributed by atoms with E-state index in [1.54, 1.807) is 6.92 Å². The highest BCUT2D eigenvalue weighted by Gasteiger charge is 2.33. The second kappa shape index (κ2) is 7.08. The second-order valence-corrected chi connectivity index (χ2v) is 9.32. The number of rotatable bonds is 3. The van der Waals surface area contributed by atoms with Crippen molar-refractivity contribution in [3.05, 3.63) is 28.8 Å². The number of benzene rings is 1. The Morgan fingerprint density at radius 1 is 1.12 bits per heavy atom. The summed E-state index contributed by atoms with van der Waals surface area (Å²) in [5.41, 5.74) is 2.00. The number of piperidine rings is 1. The lowest BCUT2D eigenvalue weighted by Gasteiger charge is -2.41. The summed E-state index contributed by atoms with van der Waals surface area (Å²) in [4.78, 5) is 15.1.